The van der Waals surface area contributed by atoms with Gasteiger partial charge in [0.05, 0.1) is 29.6 Å². The van der Waals surface area contributed by atoms with E-state index >= 15 is 0 Å². The van der Waals surface area contributed by atoms with Gasteiger partial charge in [-0.1, -0.05) is 17.7 Å². The van der Waals surface area contributed by atoms with Gasteiger partial charge in [0.2, 0.25) is 0 Å². The van der Waals surface area contributed by atoms with E-state index < -0.39 is 0 Å². The van der Waals surface area contributed by atoms with Crippen LogP contribution in [0.3, 0.4) is 0 Å². The molecule has 0 radical (unpaired) electrons. The molecule has 2 heterocycles. The number of nitrogens with two attached hydrogens (primary N) is 1. The van der Waals surface area contributed by atoms with Gasteiger partial charge in [-0.15, -0.1) is 0 Å². The molecule has 20 heavy (non-hydrogen) atoms. The first-order valence-corrected chi connectivity index (χ1v) is 7.05. The van der Waals surface area contributed by atoms with Gasteiger partial charge in [-0.2, -0.15) is 5.10 Å². The summed E-state index contributed by atoms with van der Waals surface area (Å²) in [6, 6.07) is 5.94. The smallest absolute Gasteiger partial charge is 0.122 e. The third-order valence-electron chi connectivity index (χ3n) is 3.62. The monoisotopic (exact) mass is 292 g/mol. The maximum absolute atomic E-state index is 6.26. The van der Waals surface area contributed by atoms with E-state index in [-0.39, 0.29) is 6.04 Å². The van der Waals surface area contributed by atoms with Crippen LogP contribution in [0, 0.1) is 0 Å². The molecular weight excluding hydrogens is 276 g/mol. The number of ether oxygens (including phenoxy) is 1. The summed E-state index contributed by atoms with van der Waals surface area (Å²) in [5.74, 6) is 6.71. The number of hydrogen-bond donors (Lipinski definition) is 2. The number of aryl methyl sites for hydroxylation is 1. The third-order valence-corrected chi connectivity index (χ3v) is 3.91. The Morgan fingerprint density at radius 3 is 3.15 bits per heavy atom. The predicted octanol–water partition coefficient (Wildman–Crippen LogP) is 2.04. The number of aromatic nitrogens is 2. The van der Waals surface area contributed by atoms with Crippen molar-refractivity contribution in [3.05, 3.63) is 46.2 Å². The van der Waals surface area contributed by atoms with Crippen molar-refractivity contribution < 1.29 is 4.74 Å². The molecule has 3 rings (SSSR count). The minimum atomic E-state index is -0.184. The Hall–Kier alpha value is -1.56. The Kier molecular flexibility index (Phi) is 3.65. The highest BCUT2D eigenvalue weighted by Gasteiger charge is 2.22. The van der Waals surface area contributed by atoms with Gasteiger partial charge < -0.3 is 4.74 Å². The molecule has 6 heteroatoms. The van der Waals surface area contributed by atoms with Crippen molar-refractivity contribution in [2.75, 3.05) is 6.61 Å². The molecule has 1 unspecified atom stereocenters. The molecule has 1 aromatic heterocycles. The molecule has 5 nitrogen and oxygen atoms in total. The van der Waals surface area contributed by atoms with Crippen LogP contribution < -0.4 is 16.0 Å². The fraction of sp³-hybridized carbons (Fsp3) is 0.357. The van der Waals surface area contributed by atoms with Gasteiger partial charge in [0.15, 0.2) is 0 Å². The number of rotatable bonds is 4. The van der Waals surface area contributed by atoms with Crippen molar-refractivity contribution in [3.63, 3.8) is 0 Å². The van der Waals surface area contributed by atoms with E-state index in [9.17, 15) is 0 Å². The molecule has 106 valence electrons. The van der Waals surface area contributed by atoms with E-state index in [1.807, 2.05) is 23.7 Å². The van der Waals surface area contributed by atoms with Crippen molar-refractivity contribution in [2.45, 2.75) is 25.9 Å². The van der Waals surface area contributed by atoms with E-state index in [1.165, 1.54) is 5.56 Å². The molecule has 1 aromatic carbocycles. The molecule has 0 fully saturated rings. The zero-order valence-electron chi connectivity index (χ0n) is 11.3. The number of nitrogens with zero attached hydrogens (tertiary/aromatic N) is 2. The van der Waals surface area contributed by atoms with Crippen LogP contribution in [-0.4, -0.2) is 16.4 Å². The molecule has 0 saturated heterocycles. The Bertz CT molecular complexity index is 626. The summed E-state index contributed by atoms with van der Waals surface area (Å²) in [6.07, 6.45) is 2.59. The molecule has 1 aliphatic heterocycles. The predicted molar refractivity (Wildman–Crippen MR) is 77.7 cm³/mol. The van der Waals surface area contributed by atoms with Crippen molar-refractivity contribution in [3.8, 4) is 5.75 Å². The third kappa shape index (κ3) is 2.18. The topological polar surface area (TPSA) is 65.1 Å². The van der Waals surface area contributed by atoms with Crippen LogP contribution in [0.2, 0.25) is 5.02 Å². The lowest BCUT2D eigenvalue weighted by Gasteiger charge is -2.19. The lowest BCUT2D eigenvalue weighted by Crippen LogP contribution is -2.31. The first-order chi connectivity index (χ1) is 9.74. The number of halogens is 1. The van der Waals surface area contributed by atoms with E-state index in [0.717, 1.165) is 36.6 Å². The zero-order valence-corrected chi connectivity index (χ0v) is 12.0. The van der Waals surface area contributed by atoms with Crippen LogP contribution in [0.15, 0.2) is 24.4 Å². The second-order valence-corrected chi connectivity index (χ2v) is 5.17. The van der Waals surface area contributed by atoms with Crippen LogP contribution in [0.1, 0.15) is 29.8 Å². The molecule has 0 saturated carbocycles. The second kappa shape index (κ2) is 5.44. The van der Waals surface area contributed by atoms with Crippen molar-refractivity contribution in [2.24, 2.45) is 5.84 Å². The molecule has 1 atom stereocenters. The summed E-state index contributed by atoms with van der Waals surface area (Å²) >= 11 is 6.26. The van der Waals surface area contributed by atoms with Crippen molar-refractivity contribution in [1.82, 2.24) is 15.2 Å². The van der Waals surface area contributed by atoms with E-state index in [0.29, 0.717) is 5.02 Å². The Labute approximate surface area is 122 Å². The molecular formula is C14H17ClN4O. The van der Waals surface area contributed by atoms with Crippen LogP contribution >= 0.6 is 11.6 Å². The number of hydrazine groups is 1. The summed E-state index contributed by atoms with van der Waals surface area (Å²) in [4.78, 5) is 0. The molecule has 2 aromatic rings. The van der Waals surface area contributed by atoms with Crippen LogP contribution in [-0.2, 0) is 13.0 Å². The molecule has 0 bridgehead atoms. The van der Waals surface area contributed by atoms with Crippen LogP contribution in [0.5, 0.6) is 5.75 Å². The summed E-state index contributed by atoms with van der Waals surface area (Å²) < 4.78 is 7.39. The lowest BCUT2D eigenvalue weighted by molar-refractivity contribution is 0.356. The number of hydrogen-bond acceptors (Lipinski definition) is 4. The largest absolute Gasteiger partial charge is 0.493 e. The normalized spacial score (nSPS) is 14.9. The Balaban J connectivity index is 2.03. The standard InChI is InChI=1S/C14H17ClN4O/c1-2-19-14(11(15)8-17-19)13(18-16)10-3-4-12-9(7-10)5-6-20-12/h3-4,7-8,13,18H,2,5-6,16H2,1H3. The quantitative estimate of drug-likeness (QED) is 0.669. The average molecular weight is 293 g/mol. The first-order valence-electron chi connectivity index (χ1n) is 6.67. The van der Waals surface area contributed by atoms with Gasteiger partial charge in [-0.05, 0) is 30.2 Å². The number of benzene rings is 1. The first kappa shape index (κ1) is 13.4. The number of fused-ring (bicyclic) bond motifs is 1. The summed E-state index contributed by atoms with van der Waals surface area (Å²) in [5, 5.41) is 4.88. The van der Waals surface area contributed by atoms with Gasteiger partial charge in [0.1, 0.15) is 5.75 Å². The number of nitrogens with one attached hydrogen (secondary N) is 1. The van der Waals surface area contributed by atoms with Crippen molar-refractivity contribution in [1.29, 1.82) is 0 Å². The minimum Gasteiger partial charge on any atom is -0.493 e. The SMILES string of the molecule is CCn1ncc(Cl)c1C(NN)c1ccc2c(c1)CCO2. The molecule has 0 amide bonds. The molecule has 0 spiro atoms. The van der Waals surface area contributed by atoms with Gasteiger partial charge >= 0.3 is 0 Å². The highest BCUT2D eigenvalue weighted by molar-refractivity contribution is 6.31. The molecule has 0 aliphatic carbocycles. The summed E-state index contributed by atoms with van der Waals surface area (Å²) in [5.41, 5.74) is 6.00. The fourth-order valence-corrected chi connectivity index (χ4v) is 2.88. The minimum absolute atomic E-state index is 0.184. The lowest BCUT2D eigenvalue weighted by atomic mass is 10.0. The van der Waals surface area contributed by atoms with E-state index in [2.05, 4.69) is 16.6 Å². The molecule has 1 aliphatic rings. The second-order valence-electron chi connectivity index (χ2n) is 4.76. The fourth-order valence-electron chi connectivity index (χ4n) is 2.63. The van der Waals surface area contributed by atoms with Gasteiger partial charge in [0.25, 0.3) is 0 Å². The molecule has 3 N–H and O–H groups in total. The maximum Gasteiger partial charge on any atom is 0.122 e. The Morgan fingerprint density at radius 1 is 1.55 bits per heavy atom. The van der Waals surface area contributed by atoms with Gasteiger partial charge in [-0.3, -0.25) is 10.5 Å². The Morgan fingerprint density at radius 2 is 2.40 bits per heavy atom. The van der Waals surface area contributed by atoms with Gasteiger partial charge in [0, 0.05) is 13.0 Å². The van der Waals surface area contributed by atoms with Crippen molar-refractivity contribution >= 4 is 11.6 Å². The summed E-state index contributed by atoms with van der Waals surface area (Å²) in [7, 11) is 0. The average Bonchev–Trinajstić information content (AvgIpc) is 3.07. The van der Waals surface area contributed by atoms with E-state index in [4.69, 9.17) is 22.2 Å². The maximum atomic E-state index is 6.26. The highest BCUT2D eigenvalue weighted by Crippen LogP contribution is 2.32. The van der Waals surface area contributed by atoms with E-state index in [1.54, 1.807) is 6.20 Å². The van der Waals surface area contributed by atoms with Crippen LogP contribution in [0.25, 0.3) is 0 Å². The van der Waals surface area contributed by atoms with Crippen LogP contribution in [0.4, 0.5) is 0 Å². The van der Waals surface area contributed by atoms with Gasteiger partial charge in [-0.25, -0.2) is 5.43 Å². The highest BCUT2D eigenvalue weighted by atomic mass is 35.5. The summed E-state index contributed by atoms with van der Waals surface area (Å²) in [6.45, 7) is 3.51. The zero-order chi connectivity index (χ0) is 14.1.